The first kappa shape index (κ1) is 12.1. The molecule has 98 valence electrons. The van der Waals surface area contributed by atoms with Crippen molar-refractivity contribution in [1.82, 2.24) is 14.8 Å². The Kier molecular flexibility index (Phi) is 3.33. The predicted octanol–water partition coefficient (Wildman–Crippen LogP) is 0.721. The van der Waals surface area contributed by atoms with Crippen LogP contribution in [0.3, 0.4) is 0 Å². The van der Waals surface area contributed by atoms with E-state index in [1.807, 2.05) is 12.4 Å². The van der Waals surface area contributed by atoms with Gasteiger partial charge in [-0.15, -0.1) is 0 Å². The molecule has 0 bridgehead atoms. The Bertz CT molecular complexity index is 397. The van der Waals surface area contributed by atoms with Gasteiger partial charge in [0.05, 0.1) is 6.10 Å². The monoisotopic (exact) mass is 247 g/mol. The maximum atomic E-state index is 9.75. The van der Waals surface area contributed by atoms with Gasteiger partial charge in [0, 0.05) is 50.7 Å². The summed E-state index contributed by atoms with van der Waals surface area (Å²) < 4.78 is 0. The van der Waals surface area contributed by atoms with E-state index in [4.69, 9.17) is 0 Å². The zero-order chi connectivity index (χ0) is 12.5. The summed E-state index contributed by atoms with van der Waals surface area (Å²) in [5.74, 6) is 0. The summed E-state index contributed by atoms with van der Waals surface area (Å²) in [6.45, 7) is 6.28. The fourth-order valence-electron chi connectivity index (χ4n) is 3.22. The number of aliphatic hydroxyl groups is 1. The molecule has 3 rings (SSSR count). The standard InChI is InChI=1S/C14H21N3O/c1-11-7-17-10-14(18)6-13(17)9-16(11)8-12-2-4-15-5-3-12/h2-5,11,13-14,18H,6-10H2,1H3/t11-,13+,14-/m1/s1. The SMILES string of the molecule is C[C@@H]1CN2C[C@H](O)C[C@H]2CN1Cc1ccncc1. The zero-order valence-electron chi connectivity index (χ0n) is 10.9. The lowest BCUT2D eigenvalue weighted by atomic mass is 10.1. The van der Waals surface area contributed by atoms with Gasteiger partial charge in [0.25, 0.3) is 0 Å². The summed E-state index contributed by atoms with van der Waals surface area (Å²) in [5, 5.41) is 9.75. The molecule has 0 aliphatic carbocycles. The molecule has 1 N–H and O–H groups in total. The van der Waals surface area contributed by atoms with Crippen LogP contribution < -0.4 is 0 Å². The minimum atomic E-state index is -0.122. The van der Waals surface area contributed by atoms with Gasteiger partial charge in [-0.2, -0.15) is 0 Å². The summed E-state index contributed by atoms with van der Waals surface area (Å²) in [4.78, 5) is 9.03. The van der Waals surface area contributed by atoms with Crippen LogP contribution in [0, 0.1) is 0 Å². The molecule has 0 radical (unpaired) electrons. The van der Waals surface area contributed by atoms with Crippen LogP contribution in [0.1, 0.15) is 18.9 Å². The fraction of sp³-hybridized carbons (Fsp3) is 0.643. The average molecular weight is 247 g/mol. The van der Waals surface area contributed by atoms with E-state index in [2.05, 4.69) is 33.8 Å². The van der Waals surface area contributed by atoms with Crippen LogP contribution in [0.25, 0.3) is 0 Å². The number of pyridine rings is 1. The number of fused-ring (bicyclic) bond motifs is 1. The van der Waals surface area contributed by atoms with Crippen LogP contribution >= 0.6 is 0 Å². The van der Waals surface area contributed by atoms with Crippen molar-refractivity contribution in [3.63, 3.8) is 0 Å². The van der Waals surface area contributed by atoms with Gasteiger partial charge in [0.2, 0.25) is 0 Å². The van der Waals surface area contributed by atoms with Gasteiger partial charge < -0.3 is 5.11 Å². The maximum Gasteiger partial charge on any atom is 0.0682 e. The molecule has 0 amide bonds. The highest BCUT2D eigenvalue weighted by Crippen LogP contribution is 2.25. The molecule has 2 aliphatic heterocycles. The Labute approximate surface area is 108 Å². The van der Waals surface area contributed by atoms with E-state index in [1.54, 1.807) is 0 Å². The van der Waals surface area contributed by atoms with E-state index in [1.165, 1.54) is 5.56 Å². The Hall–Kier alpha value is -0.970. The lowest BCUT2D eigenvalue weighted by Gasteiger charge is -2.42. The average Bonchev–Trinajstić information content (AvgIpc) is 2.70. The van der Waals surface area contributed by atoms with Gasteiger partial charge in [-0.3, -0.25) is 14.8 Å². The van der Waals surface area contributed by atoms with Crippen LogP contribution in [0.5, 0.6) is 0 Å². The molecule has 3 heterocycles. The Morgan fingerprint density at radius 1 is 1.28 bits per heavy atom. The fourth-order valence-corrected chi connectivity index (χ4v) is 3.22. The minimum absolute atomic E-state index is 0.122. The van der Waals surface area contributed by atoms with Gasteiger partial charge in [0.15, 0.2) is 0 Å². The number of hydrogen-bond acceptors (Lipinski definition) is 4. The van der Waals surface area contributed by atoms with E-state index in [0.717, 1.165) is 32.6 Å². The number of hydrogen-bond donors (Lipinski definition) is 1. The molecule has 0 aromatic carbocycles. The van der Waals surface area contributed by atoms with Crippen molar-refractivity contribution in [3.8, 4) is 0 Å². The molecule has 18 heavy (non-hydrogen) atoms. The molecule has 2 saturated heterocycles. The first-order valence-electron chi connectivity index (χ1n) is 6.77. The van der Waals surface area contributed by atoms with Crippen LogP contribution in [0.15, 0.2) is 24.5 Å². The second-order valence-electron chi connectivity index (χ2n) is 5.63. The third-order valence-corrected chi connectivity index (χ3v) is 4.21. The normalized spacial score (nSPS) is 33.6. The van der Waals surface area contributed by atoms with E-state index in [-0.39, 0.29) is 6.10 Å². The summed E-state index contributed by atoms with van der Waals surface area (Å²) in [7, 11) is 0. The Morgan fingerprint density at radius 3 is 2.83 bits per heavy atom. The molecule has 2 fully saturated rings. The van der Waals surface area contributed by atoms with Gasteiger partial charge in [-0.25, -0.2) is 0 Å². The smallest absolute Gasteiger partial charge is 0.0682 e. The molecule has 0 spiro atoms. The Morgan fingerprint density at radius 2 is 2.06 bits per heavy atom. The van der Waals surface area contributed by atoms with Crippen molar-refractivity contribution in [2.45, 2.75) is 38.1 Å². The van der Waals surface area contributed by atoms with Crippen LogP contribution in [0.4, 0.5) is 0 Å². The van der Waals surface area contributed by atoms with Gasteiger partial charge in [-0.05, 0) is 31.0 Å². The summed E-state index contributed by atoms with van der Waals surface area (Å²) in [6, 6.07) is 5.27. The first-order chi connectivity index (χ1) is 8.72. The molecule has 1 aromatic rings. The molecular formula is C14H21N3O. The van der Waals surface area contributed by atoms with Crippen molar-refractivity contribution < 1.29 is 5.11 Å². The number of piperazine rings is 1. The van der Waals surface area contributed by atoms with Crippen molar-refractivity contribution >= 4 is 0 Å². The molecule has 4 nitrogen and oxygen atoms in total. The molecule has 3 atom stereocenters. The van der Waals surface area contributed by atoms with E-state index < -0.39 is 0 Å². The van der Waals surface area contributed by atoms with Crippen molar-refractivity contribution in [3.05, 3.63) is 30.1 Å². The quantitative estimate of drug-likeness (QED) is 0.836. The van der Waals surface area contributed by atoms with Crippen LogP contribution in [-0.2, 0) is 6.54 Å². The van der Waals surface area contributed by atoms with Gasteiger partial charge in [0.1, 0.15) is 0 Å². The molecule has 2 aliphatic rings. The summed E-state index contributed by atoms with van der Waals surface area (Å²) in [6.07, 6.45) is 4.52. The topological polar surface area (TPSA) is 39.6 Å². The molecule has 0 saturated carbocycles. The van der Waals surface area contributed by atoms with Crippen molar-refractivity contribution in [2.24, 2.45) is 0 Å². The highest BCUT2D eigenvalue weighted by atomic mass is 16.3. The number of aliphatic hydroxyl groups excluding tert-OH is 1. The maximum absolute atomic E-state index is 9.75. The lowest BCUT2D eigenvalue weighted by Crippen LogP contribution is -2.54. The highest BCUT2D eigenvalue weighted by Gasteiger charge is 2.37. The number of nitrogens with zero attached hydrogens (tertiary/aromatic N) is 3. The molecular weight excluding hydrogens is 226 g/mol. The third kappa shape index (κ3) is 2.41. The first-order valence-corrected chi connectivity index (χ1v) is 6.77. The van der Waals surface area contributed by atoms with E-state index >= 15 is 0 Å². The van der Waals surface area contributed by atoms with Crippen molar-refractivity contribution in [2.75, 3.05) is 19.6 Å². The van der Waals surface area contributed by atoms with Gasteiger partial charge in [-0.1, -0.05) is 0 Å². The van der Waals surface area contributed by atoms with E-state index in [0.29, 0.717) is 12.1 Å². The van der Waals surface area contributed by atoms with E-state index in [9.17, 15) is 5.11 Å². The molecule has 1 aromatic heterocycles. The largest absolute Gasteiger partial charge is 0.392 e. The zero-order valence-corrected chi connectivity index (χ0v) is 10.9. The van der Waals surface area contributed by atoms with Crippen LogP contribution in [0.2, 0.25) is 0 Å². The minimum Gasteiger partial charge on any atom is -0.392 e. The third-order valence-electron chi connectivity index (χ3n) is 4.21. The summed E-state index contributed by atoms with van der Waals surface area (Å²) >= 11 is 0. The second kappa shape index (κ2) is 4.96. The van der Waals surface area contributed by atoms with Crippen molar-refractivity contribution in [1.29, 1.82) is 0 Å². The number of aromatic nitrogens is 1. The molecule has 4 heteroatoms. The number of rotatable bonds is 2. The van der Waals surface area contributed by atoms with Crippen LogP contribution in [-0.4, -0.2) is 57.7 Å². The highest BCUT2D eigenvalue weighted by molar-refractivity contribution is 5.10. The summed E-state index contributed by atoms with van der Waals surface area (Å²) in [5.41, 5.74) is 1.32. The predicted molar refractivity (Wildman–Crippen MR) is 70.1 cm³/mol. The van der Waals surface area contributed by atoms with Gasteiger partial charge >= 0.3 is 0 Å². The lowest BCUT2D eigenvalue weighted by molar-refractivity contribution is 0.0528. The molecule has 0 unspecified atom stereocenters. The second-order valence-corrected chi connectivity index (χ2v) is 5.63. The Balaban J connectivity index is 1.66.